The van der Waals surface area contributed by atoms with Crippen LogP contribution in [0.5, 0.6) is 0 Å². The van der Waals surface area contributed by atoms with Gasteiger partial charge in [0.05, 0.1) is 11.0 Å². The van der Waals surface area contributed by atoms with Gasteiger partial charge in [-0.05, 0) is 26.0 Å². The molecule has 0 saturated heterocycles. The zero-order chi connectivity index (χ0) is 10.6. The number of nitrogens with zero attached hydrogens (tertiary/aromatic N) is 1. The van der Waals surface area contributed by atoms with Gasteiger partial charge in [-0.1, -0.05) is 18.2 Å². The molecule has 0 amide bonds. The zero-order valence-electron chi connectivity index (χ0n) is 8.64. The van der Waals surface area contributed by atoms with Crippen molar-refractivity contribution in [2.45, 2.75) is 24.8 Å². The van der Waals surface area contributed by atoms with E-state index in [4.69, 9.17) is 4.18 Å². The number of hydrogen-bond donors (Lipinski definition) is 0. The highest BCUT2D eigenvalue weighted by Crippen LogP contribution is 2.15. The van der Waals surface area contributed by atoms with Crippen LogP contribution in [0.3, 0.4) is 0 Å². The molecule has 3 nitrogen and oxygen atoms in total. The molecule has 0 heterocycles. The molecular weight excluding hydrogens is 198 g/mol. The molecule has 0 spiro atoms. The van der Waals surface area contributed by atoms with Gasteiger partial charge in [-0.15, -0.1) is 0 Å². The molecule has 0 N–H and O–H groups in total. The van der Waals surface area contributed by atoms with Crippen molar-refractivity contribution in [3.63, 3.8) is 0 Å². The largest absolute Gasteiger partial charge is 0.278 e. The van der Waals surface area contributed by atoms with E-state index in [-0.39, 0.29) is 6.10 Å². The highest BCUT2D eigenvalue weighted by Gasteiger charge is 2.13. The summed E-state index contributed by atoms with van der Waals surface area (Å²) in [5.41, 5.74) is 0. The molecule has 4 heteroatoms. The van der Waals surface area contributed by atoms with Crippen LogP contribution in [0.15, 0.2) is 39.6 Å². The van der Waals surface area contributed by atoms with E-state index < -0.39 is 10.0 Å². The predicted octanol–water partition coefficient (Wildman–Crippen LogP) is 2.48. The molecule has 14 heavy (non-hydrogen) atoms. The van der Waals surface area contributed by atoms with E-state index in [0.29, 0.717) is 4.90 Å². The third-order valence-corrected chi connectivity index (χ3v) is 3.60. The quantitative estimate of drug-likeness (QED) is 0.773. The van der Waals surface area contributed by atoms with E-state index in [1.165, 1.54) is 7.05 Å². The van der Waals surface area contributed by atoms with Gasteiger partial charge in [-0.25, -0.2) is 8.57 Å². The smallest absolute Gasteiger partial charge is 0.193 e. The zero-order valence-corrected chi connectivity index (χ0v) is 9.45. The first-order valence-electron chi connectivity index (χ1n) is 4.47. The van der Waals surface area contributed by atoms with Crippen molar-refractivity contribution in [2.24, 2.45) is 4.36 Å². The first-order chi connectivity index (χ1) is 6.58. The molecule has 1 atom stereocenters. The highest BCUT2D eigenvalue weighted by atomic mass is 32.2. The fourth-order valence-electron chi connectivity index (χ4n) is 1.06. The Morgan fingerprint density at radius 1 is 1.29 bits per heavy atom. The number of benzene rings is 1. The molecule has 1 rings (SSSR count). The van der Waals surface area contributed by atoms with Gasteiger partial charge in [0.15, 0.2) is 10.0 Å². The maximum atomic E-state index is 12.2. The summed E-state index contributed by atoms with van der Waals surface area (Å²) in [6.45, 7) is 3.68. The number of rotatable bonds is 3. The molecule has 78 valence electrons. The summed E-state index contributed by atoms with van der Waals surface area (Å²) < 4.78 is 21.3. The normalized spacial score (nSPS) is 15.1. The van der Waals surface area contributed by atoms with Crippen molar-refractivity contribution >= 4 is 10.0 Å². The second kappa shape index (κ2) is 4.57. The van der Waals surface area contributed by atoms with Crippen LogP contribution >= 0.6 is 0 Å². The van der Waals surface area contributed by atoms with Crippen molar-refractivity contribution < 1.29 is 8.39 Å². The lowest BCUT2D eigenvalue weighted by Gasteiger charge is -2.12. The fourth-order valence-corrected chi connectivity index (χ4v) is 2.49. The topological polar surface area (TPSA) is 38.7 Å². The van der Waals surface area contributed by atoms with E-state index in [0.717, 1.165) is 0 Å². The van der Waals surface area contributed by atoms with E-state index in [9.17, 15) is 4.21 Å². The van der Waals surface area contributed by atoms with Crippen LogP contribution in [0.2, 0.25) is 0 Å². The summed E-state index contributed by atoms with van der Waals surface area (Å²) in [5, 5.41) is 0. The Bertz CT molecular complexity index is 392. The molecule has 0 saturated carbocycles. The fraction of sp³-hybridized carbons (Fsp3) is 0.400. The van der Waals surface area contributed by atoms with Gasteiger partial charge >= 0.3 is 0 Å². The van der Waals surface area contributed by atoms with E-state index in [2.05, 4.69) is 4.36 Å². The number of hydrogen-bond acceptors (Lipinski definition) is 3. The minimum Gasteiger partial charge on any atom is -0.278 e. The Morgan fingerprint density at radius 3 is 2.29 bits per heavy atom. The van der Waals surface area contributed by atoms with Gasteiger partial charge in [-0.2, -0.15) is 0 Å². The maximum Gasteiger partial charge on any atom is 0.193 e. The predicted molar refractivity (Wildman–Crippen MR) is 57.4 cm³/mol. The summed E-state index contributed by atoms with van der Waals surface area (Å²) >= 11 is 0. The molecule has 0 aliphatic heterocycles. The monoisotopic (exact) mass is 213 g/mol. The van der Waals surface area contributed by atoms with Crippen molar-refractivity contribution in [3.8, 4) is 0 Å². The molecule has 0 aliphatic rings. The van der Waals surface area contributed by atoms with Gasteiger partial charge in [-0.3, -0.25) is 4.18 Å². The molecule has 0 aromatic heterocycles. The lowest BCUT2D eigenvalue weighted by Crippen LogP contribution is -2.12. The van der Waals surface area contributed by atoms with Crippen LogP contribution in [-0.2, 0) is 14.2 Å². The molecule has 0 bridgehead atoms. The van der Waals surface area contributed by atoms with Gasteiger partial charge in [0.1, 0.15) is 0 Å². The Kier molecular flexibility index (Phi) is 3.66. The van der Waals surface area contributed by atoms with Crippen LogP contribution < -0.4 is 0 Å². The lowest BCUT2D eigenvalue weighted by molar-refractivity contribution is 0.264. The molecule has 1 aromatic rings. The highest BCUT2D eigenvalue weighted by molar-refractivity contribution is 7.89. The van der Waals surface area contributed by atoms with Crippen LogP contribution in [0.4, 0.5) is 0 Å². The molecule has 0 fully saturated rings. The average Bonchev–Trinajstić information content (AvgIpc) is 2.18. The Morgan fingerprint density at radius 2 is 1.86 bits per heavy atom. The van der Waals surface area contributed by atoms with Crippen molar-refractivity contribution in [3.05, 3.63) is 30.3 Å². The minimum absolute atomic E-state index is 0.105. The SMILES string of the molecule is CN=S(=O)(OC(C)C)c1ccccc1. The molecule has 1 unspecified atom stereocenters. The minimum atomic E-state index is -2.68. The van der Waals surface area contributed by atoms with Gasteiger partial charge in [0.25, 0.3) is 0 Å². The van der Waals surface area contributed by atoms with E-state index >= 15 is 0 Å². The summed E-state index contributed by atoms with van der Waals surface area (Å²) in [5.74, 6) is 0. The first-order valence-corrected chi connectivity index (χ1v) is 5.91. The van der Waals surface area contributed by atoms with Gasteiger partial charge in [0, 0.05) is 7.05 Å². The van der Waals surface area contributed by atoms with Crippen LogP contribution in [0.1, 0.15) is 13.8 Å². The van der Waals surface area contributed by atoms with Crippen LogP contribution in [0.25, 0.3) is 0 Å². The maximum absolute atomic E-state index is 12.2. The summed E-state index contributed by atoms with van der Waals surface area (Å²) in [6, 6.07) is 9.04. The Labute approximate surface area is 85.5 Å². The summed E-state index contributed by atoms with van der Waals surface area (Å²) in [6.07, 6.45) is -0.105. The molecule has 0 radical (unpaired) electrons. The standard InChI is InChI=1S/C10H15NO2S/c1-9(2)13-14(12,11-3)10-7-5-4-6-8-10/h4-9H,1-3H3. The second-order valence-corrected chi connectivity index (χ2v) is 5.09. The Balaban J connectivity index is 3.11. The Hall–Kier alpha value is -0.870. The lowest BCUT2D eigenvalue weighted by atomic mass is 10.4. The average molecular weight is 213 g/mol. The van der Waals surface area contributed by atoms with E-state index in [1.54, 1.807) is 12.1 Å². The molecular formula is C10H15NO2S. The van der Waals surface area contributed by atoms with Crippen molar-refractivity contribution in [2.75, 3.05) is 7.05 Å². The van der Waals surface area contributed by atoms with Crippen molar-refractivity contribution in [1.82, 2.24) is 0 Å². The second-order valence-electron chi connectivity index (χ2n) is 3.12. The van der Waals surface area contributed by atoms with Crippen LogP contribution in [0, 0.1) is 0 Å². The molecule has 0 aliphatic carbocycles. The molecule has 1 aromatic carbocycles. The van der Waals surface area contributed by atoms with E-state index in [1.807, 2.05) is 32.0 Å². The third-order valence-electron chi connectivity index (χ3n) is 1.60. The summed E-state index contributed by atoms with van der Waals surface area (Å²) in [7, 11) is -1.17. The van der Waals surface area contributed by atoms with Crippen LogP contribution in [-0.4, -0.2) is 17.4 Å². The third kappa shape index (κ3) is 2.56. The van der Waals surface area contributed by atoms with Crippen molar-refractivity contribution in [1.29, 1.82) is 0 Å². The van der Waals surface area contributed by atoms with Gasteiger partial charge < -0.3 is 0 Å². The van der Waals surface area contributed by atoms with Gasteiger partial charge in [0.2, 0.25) is 0 Å². The summed E-state index contributed by atoms with van der Waals surface area (Å²) in [4.78, 5) is 0.621. The first kappa shape index (κ1) is 11.2.